The maximum absolute atomic E-state index is 14.0. The van der Waals surface area contributed by atoms with Crippen LogP contribution >= 0.6 is 11.6 Å². The average molecular weight is 459 g/mol. The molecular formula is C20H21ClF2N2O4S. The van der Waals surface area contributed by atoms with Crippen LogP contribution in [-0.4, -0.2) is 57.0 Å². The van der Waals surface area contributed by atoms with Gasteiger partial charge in [0.25, 0.3) is 0 Å². The van der Waals surface area contributed by atoms with Gasteiger partial charge in [-0.3, -0.25) is 4.90 Å². The van der Waals surface area contributed by atoms with Crippen LogP contribution in [0.1, 0.15) is 12.0 Å². The molecule has 1 fully saturated rings. The highest BCUT2D eigenvalue weighted by Crippen LogP contribution is 2.38. The van der Waals surface area contributed by atoms with Gasteiger partial charge >= 0.3 is 0 Å². The summed E-state index contributed by atoms with van der Waals surface area (Å²) in [6.07, 6.45) is 0.780. The van der Waals surface area contributed by atoms with E-state index in [2.05, 4.69) is 4.90 Å². The summed E-state index contributed by atoms with van der Waals surface area (Å²) in [4.78, 5) is 1.44. The van der Waals surface area contributed by atoms with Crippen molar-refractivity contribution in [1.29, 1.82) is 0 Å². The summed E-state index contributed by atoms with van der Waals surface area (Å²) in [5.74, 6) is -0.593. The largest absolute Gasteiger partial charge is 0.489 e. The van der Waals surface area contributed by atoms with Gasteiger partial charge in [-0.05, 0) is 35.9 Å². The first-order valence-corrected chi connectivity index (χ1v) is 11.4. The maximum Gasteiger partial charge on any atom is 0.246 e. The number of piperazine rings is 1. The van der Waals surface area contributed by atoms with Crippen LogP contribution < -0.4 is 9.47 Å². The number of ether oxygens (including phenoxy) is 2. The van der Waals surface area contributed by atoms with Crippen molar-refractivity contribution >= 4 is 21.6 Å². The van der Waals surface area contributed by atoms with Crippen molar-refractivity contribution in [2.75, 3.05) is 39.4 Å². The van der Waals surface area contributed by atoms with E-state index in [-0.39, 0.29) is 13.1 Å². The van der Waals surface area contributed by atoms with Crippen LogP contribution in [0.25, 0.3) is 0 Å². The molecule has 2 heterocycles. The molecule has 0 amide bonds. The van der Waals surface area contributed by atoms with Crippen LogP contribution in [0, 0.1) is 11.6 Å². The molecule has 162 valence electrons. The molecule has 0 aromatic heterocycles. The second-order valence-electron chi connectivity index (χ2n) is 7.21. The first-order chi connectivity index (χ1) is 14.3. The minimum absolute atomic E-state index is 0.177. The van der Waals surface area contributed by atoms with Crippen molar-refractivity contribution in [3.8, 4) is 11.5 Å². The number of hydrogen-bond donors (Lipinski definition) is 0. The van der Waals surface area contributed by atoms with Gasteiger partial charge in [-0.25, -0.2) is 17.2 Å². The van der Waals surface area contributed by atoms with Crippen LogP contribution in [0.15, 0.2) is 35.2 Å². The summed E-state index contributed by atoms with van der Waals surface area (Å²) in [6.45, 7) is 2.91. The van der Waals surface area contributed by atoms with Crippen LogP contribution in [0.2, 0.25) is 5.02 Å². The fourth-order valence-electron chi connectivity index (χ4n) is 3.58. The van der Waals surface area contributed by atoms with Gasteiger partial charge in [-0.2, -0.15) is 4.31 Å². The Labute approximate surface area is 179 Å². The van der Waals surface area contributed by atoms with Crippen molar-refractivity contribution in [3.63, 3.8) is 0 Å². The summed E-state index contributed by atoms with van der Waals surface area (Å²) in [6, 6.07) is 6.15. The van der Waals surface area contributed by atoms with Crippen molar-refractivity contribution in [2.24, 2.45) is 0 Å². The van der Waals surface area contributed by atoms with Crippen molar-refractivity contribution < 1.29 is 26.7 Å². The van der Waals surface area contributed by atoms with E-state index in [1.165, 1.54) is 4.31 Å². The molecule has 2 aromatic carbocycles. The number of hydrogen-bond acceptors (Lipinski definition) is 5. The third kappa shape index (κ3) is 4.39. The Hall–Kier alpha value is -1.94. The molecule has 10 heteroatoms. The minimum atomic E-state index is -4.10. The predicted molar refractivity (Wildman–Crippen MR) is 107 cm³/mol. The third-order valence-corrected chi connectivity index (χ3v) is 7.30. The summed E-state index contributed by atoms with van der Waals surface area (Å²) in [5.41, 5.74) is 0.928. The van der Waals surface area contributed by atoms with Gasteiger partial charge in [0.05, 0.1) is 18.2 Å². The molecular weight excluding hydrogens is 438 g/mol. The summed E-state index contributed by atoms with van der Waals surface area (Å²) in [5, 5.41) is 0.479. The summed E-state index contributed by atoms with van der Waals surface area (Å²) in [7, 11) is -4.10. The first kappa shape index (κ1) is 21.3. The quantitative estimate of drug-likeness (QED) is 0.703. The van der Waals surface area contributed by atoms with E-state index in [0.29, 0.717) is 49.4 Å². The SMILES string of the molecule is O=S(=O)(c1cc(F)ccc1F)N1CCN(Cc2cc(Cl)c3c(c2)OCCCO3)CC1. The lowest BCUT2D eigenvalue weighted by molar-refractivity contribution is 0.181. The number of fused-ring (bicyclic) bond motifs is 1. The zero-order valence-electron chi connectivity index (χ0n) is 16.1. The fourth-order valence-corrected chi connectivity index (χ4v) is 5.36. The molecule has 6 nitrogen and oxygen atoms in total. The zero-order chi connectivity index (χ0) is 21.3. The number of nitrogens with zero attached hydrogens (tertiary/aromatic N) is 2. The molecule has 0 N–H and O–H groups in total. The van der Waals surface area contributed by atoms with E-state index in [1.54, 1.807) is 0 Å². The van der Waals surface area contributed by atoms with Gasteiger partial charge in [0, 0.05) is 39.1 Å². The lowest BCUT2D eigenvalue weighted by Gasteiger charge is -2.34. The lowest BCUT2D eigenvalue weighted by Crippen LogP contribution is -2.48. The Morgan fingerprint density at radius 3 is 2.50 bits per heavy atom. The third-order valence-electron chi connectivity index (χ3n) is 5.11. The van der Waals surface area contributed by atoms with Crippen LogP contribution in [0.5, 0.6) is 11.5 Å². The van der Waals surface area contributed by atoms with E-state index in [1.807, 2.05) is 12.1 Å². The van der Waals surface area contributed by atoms with Gasteiger partial charge in [0.15, 0.2) is 11.5 Å². The fraction of sp³-hybridized carbons (Fsp3) is 0.400. The Balaban J connectivity index is 1.43. The van der Waals surface area contributed by atoms with Gasteiger partial charge in [0.2, 0.25) is 10.0 Å². The second-order valence-corrected chi connectivity index (χ2v) is 9.52. The second kappa shape index (κ2) is 8.66. The average Bonchev–Trinajstić information content (AvgIpc) is 2.96. The number of sulfonamides is 1. The summed E-state index contributed by atoms with van der Waals surface area (Å²) >= 11 is 6.34. The molecule has 0 atom stereocenters. The number of rotatable bonds is 4. The molecule has 30 heavy (non-hydrogen) atoms. The van der Waals surface area contributed by atoms with Gasteiger partial charge in [0.1, 0.15) is 16.5 Å². The molecule has 1 saturated heterocycles. The van der Waals surface area contributed by atoms with Crippen molar-refractivity contribution in [2.45, 2.75) is 17.9 Å². The van der Waals surface area contributed by atoms with Gasteiger partial charge in [-0.1, -0.05) is 11.6 Å². The molecule has 0 spiro atoms. The first-order valence-electron chi connectivity index (χ1n) is 9.60. The Kier molecular flexibility index (Phi) is 6.15. The normalized spacial score (nSPS) is 18.2. The number of halogens is 3. The summed E-state index contributed by atoms with van der Waals surface area (Å²) < 4.78 is 65.4. The Bertz CT molecular complexity index is 1040. The van der Waals surface area contributed by atoms with E-state index in [9.17, 15) is 17.2 Å². The van der Waals surface area contributed by atoms with Gasteiger partial charge in [-0.15, -0.1) is 0 Å². The van der Waals surface area contributed by atoms with E-state index in [0.717, 1.165) is 30.2 Å². The monoisotopic (exact) mass is 458 g/mol. The highest BCUT2D eigenvalue weighted by Gasteiger charge is 2.31. The molecule has 2 aliphatic rings. The van der Waals surface area contributed by atoms with E-state index in [4.69, 9.17) is 21.1 Å². The Morgan fingerprint density at radius 2 is 1.73 bits per heavy atom. The molecule has 4 rings (SSSR count). The molecule has 0 aliphatic carbocycles. The molecule has 0 bridgehead atoms. The van der Waals surface area contributed by atoms with Gasteiger partial charge < -0.3 is 9.47 Å². The van der Waals surface area contributed by atoms with Crippen LogP contribution in [-0.2, 0) is 16.6 Å². The molecule has 2 aromatic rings. The lowest BCUT2D eigenvalue weighted by atomic mass is 10.1. The van der Waals surface area contributed by atoms with Crippen LogP contribution in [0.3, 0.4) is 0 Å². The highest BCUT2D eigenvalue weighted by atomic mass is 35.5. The van der Waals surface area contributed by atoms with Crippen molar-refractivity contribution in [1.82, 2.24) is 9.21 Å². The molecule has 0 radical (unpaired) electrons. The minimum Gasteiger partial charge on any atom is -0.489 e. The molecule has 0 unspecified atom stereocenters. The smallest absolute Gasteiger partial charge is 0.246 e. The zero-order valence-corrected chi connectivity index (χ0v) is 17.7. The molecule has 0 saturated carbocycles. The standard InChI is InChI=1S/C20H21ClF2N2O4S/c21-16-10-14(11-18-20(16)29-9-1-8-28-18)13-24-4-6-25(7-5-24)30(26,27)19-12-15(22)2-3-17(19)23/h2-3,10-12H,1,4-9,13H2. The Morgan fingerprint density at radius 1 is 1.00 bits per heavy atom. The van der Waals surface area contributed by atoms with E-state index < -0.39 is 26.6 Å². The van der Waals surface area contributed by atoms with E-state index >= 15 is 0 Å². The van der Waals surface area contributed by atoms with Crippen LogP contribution in [0.4, 0.5) is 8.78 Å². The number of benzene rings is 2. The van der Waals surface area contributed by atoms with Crippen molar-refractivity contribution in [3.05, 3.63) is 52.6 Å². The highest BCUT2D eigenvalue weighted by molar-refractivity contribution is 7.89. The topological polar surface area (TPSA) is 59.1 Å². The molecule has 2 aliphatic heterocycles. The predicted octanol–water partition coefficient (Wildman–Crippen LogP) is 3.29. The maximum atomic E-state index is 14.0.